The fraction of sp³-hybridized carbons (Fsp3) is 0.222. The Balaban J connectivity index is 1.96. The van der Waals surface area contributed by atoms with Crippen LogP contribution in [0.15, 0.2) is 72.8 Å². The van der Waals surface area contributed by atoms with Crippen LogP contribution >= 0.6 is 11.6 Å². The van der Waals surface area contributed by atoms with Crippen LogP contribution in [0.25, 0.3) is 0 Å². The number of rotatable bonds is 4. The molecule has 0 aliphatic carbocycles. The van der Waals surface area contributed by atoms with Gasteiger partial charge >= 0.3 is 5.97 Å². The smallest absolute Gasteiger partial charge is 0.331 e. The molecule has 4 rings (SSSR count). The SMILES string of the molecule is CC(C)(C)c1ccc2c(c1)C(=O)N(C(C(=O)O)c1ccccc1)C(c1ccc(Cl)cc1)C(=O)N2. The van der Waals surface area contributed by atoms with Crippen LogP contribution < -0.4 is 5.32 Å². The molecule has 34 heavy (non-hydrogen) atoms. The largest absolute Gasteiger partial charge is 0.479 e. The molecule has 0 spiro atoms. The number of carboxylic acid groups (broad SMARTS) is 1. The van der Waals surface area contributed by atoms with Crippen molar-refractivity contribution in [2.75, 3.05) is 5.32 Å². The first-order valence-electron chi connectivity index (χ1n) is 10.9. The molecule has 2 atom stereocenters. The first-order chi connectivity index (χ1) is 16.1. The maximum absolute atomic E-state index is 14.1. The summed E-state index contributed by atoms with van der Waals surface area (Å²) in [5.74, 6) is -2.28. The van der Waals surface area contributed by atoms with Gasteiger partial charge in [0.1, 0.15) is 6.04 Å². The highest BCUT2D eigenvalue weighted by molar-refractivity contribution is 6.30. The van der Waals surface area contributed by atoms with Crippen LogP contribution in [0.3, 0.4) is 0 Å². The first kappa shape index (κ1) is 23.5. The van der Waals surface area contributed by atoms with Crippen LogP contribution in [0.2, 0.25) is 5.02 Å². The molecule has 0 aromatic heterocycles. The van der Waals surface area contributed by atoms with E-state index in [1.807, 2.05) is 26.8 Å². The molecule has 1 aliphatic heterocycles. The van der Waals surface area contributed by atoms with E-state index in [9.17, 15) is 19.5 Å². The molecule has 0 fully saturated rings. The number of hydrogen-bond acceptors (Lipinski definition) is 3. The molecule has 0 saturated carbocycles. The van der Waals surface area contributed by atoms with Gasteiger partial charge in [-0.1, -0.05) is 80.9 Å². The number of halogens is 1. The van der Waals surface area contributed by atoms with Crippen molar-refractivity contribution in [3.05, 3.63) is 100 Å². The first-order valence-corrected chi connectivity index (χ1v) is 11.3. The number of fused-ring (bicyclic) bond motifs is 1. The van der Waals surface area contributed by atoms with Gasteiger partial charge in [0, 0.05) is 5.02 Å². The van der Waals surface area contributed by atoms with Gasteiger partial charge in [0.2, 0.25) is 0 Å². The molecule has 1 aliphatic rings. The molecule has 3 aromatic carbocycles. The number of nitrogens with one attached hydrogen (secondary N) is 1. The lowest BCUT2D eigenvalue weighted by Gasteiger charge is -2.34. The molecule has 2 unspecified atom stereocenters. The van der Waals surface area contributed by atoms with Gasteiger partial charge in [-0.25, -0.2) is 4.79 Å². The van der Waals surface area contributed by atoms with E-state index in [4.69, 9.17) is 11.6 Å². The Morgan fingerprint density at radius 2 is 1.65 bits per heavy atom. The third-order valence-corrected chi connectivity index (χ3v) is 6.20. The van der Waals surface area contributed by atoms with Gasteiger partial charge in [0.05, 0.1) is 11.3 Å². The van der Waals surface area contributed by atoms with E-state index in [0.29, 0.717) is 21.8 Å². The van der Waals surface area contributed by atoms with E-state index >= 15 is 0 Å². The van der Waals surface area contributed by atoms with E-state index < -0.39 is 29.9 Å². The molecule has 6 nitrogen and oxygen atoms in total. The Kier molecular flexibility index (Phi) is 6.19. The molecule has 1 heterocycles. The van der Waals surface area contributed by atoms with Crippen LogP contribution in [0, 0.1) is 0 Å². The maximum Gasteiger partial charge on any atom is 0.331 e. The van der Waals surface area contributed by atoms with Gasteiger partial charge in [-0.15, -0.1) is 0 Å². The van der Waals surface area contributed by atoms with Crippen molar-refractivity contribution in [3.63, 3.8) is 0 Å². The summed E-state index contributed by atoms with van der Waals surface area (Å²) in [6, 6.07) is 17.7. The normalized spacial score (nSPS) is 16.9. The topological polar surface area (TPSA) is 86.7 Å². The van der Waals surface area contributed by atoms with Gasteiger partial charge in [-0.05, 0) is 46.4 Å². The van der Waals surface area contributed by atoms with Crippen molar-refractivity contribution in [2.45, 2.75) is 38.3 Å². The Morgan fingerprint density at radius 1 is 1.00 bits per heavy atom. The second-order valence-corrected chi connectivity index (χ2v) is 9.75. The second kappa shape index (κ2) is 8.95. The van der Waals surface area contributed by atoms with Crippen LogP contribution in [0.1, 0.15) is 59.9 Å². The maximum atomic E-state index is 14.1. The van der Waals surface area contributed by atoms with E-state index in [1.165, 1.54) is 0 Å². The lowest BCUT2D eigenvalue weighted by molar-refractivity contribution is -0.144. The molecule has 174 valence electrons. The highest BCUT2D eigenvalue weighted by Crippen LogP contribution is 2.39. The fourth-order valence-corrected chi connectivity index (χ4v) is 4.29. The van der Waals surface area contributed by atoms with Crippen molar-refractivity contribution in [1.29, 1.82) is 0 Å². The molecule has 7 heteroatoms. The number of carbonyl (C=O) groups excluding carboxylic acids is 2. The predicted molar refractivity (Wildman–Crippen MR) is 131 cm³/mol. The van der Waals surface area contributed by atoms with Gasteiger partial charge in [0.15, 0.2) is 6.04 Å². The number of aliphatic carboxylic acids is 1. The summed E-state index contributed by atoms with van der Waals surface area (Å²) in [7, 11) is 0. The monoisotopic (exact) mass is 476 g/mol. The summed E-state index contributed by atoms with van der Waals surface area (Å²) in [5, 5.41) is 13.6. The minimum atomic E-state index is -1.38. The molecular weight excluding hydrogens is 452 g/mol. The van der Waals surface area contributed by atoms with Crippen LogP contribution in [-0.4, -0.2) is 27.8 Å². The minimum absolute atomic E-state index is 0.249. The minimum Gasteiger partial charge on any atom is -0.479 e. The molecule has 3 aromatic rings. The third-order valence-electron chi connectivity index (χ3n) is 5.95. The van der Waals surface area contributed by atoms with Crippen molar-refractivity contribution in [3.8, 4) is 0 Å². The summed E-state index contributed by atoms with van der Waals surface area (Å²) in [6.07, 6.45) is 0. The number of amides is 2. The van der Waals surface area contributed by atoms with Gasteiger partial charge in [-0.2, -0.15) is 0 Å². The van der Waals surface area contributed by atoms with E-state index in [-0.39, 0.29) is 11.0 Å². The van der Waals surface area contributed by atoms with Crippen molar-refractivity contribution >= 4 is 35.1 Å². The number of anilines is 1. The zero-order valence-electron chi connectivity index (χ0n) is 19.1. The standard InChI is InChI=1S/C27H25ClN2O4/c1-27(2,3)18-11-14-21-20(15-18)25(32)30(23(26(33)34)16-7-5-4-6-8-16)22(24(31)29-21)17-9-12-19(28)13-10-17/h4-15,22-23H,1-3H3,(H,29,31)(H,33,34). The van der Waals surface area contributed by atoms with Gasteiger partial charge in [-0.3, -0.25) is 9.59 Å². The molecule has 0 radical (unpaired) electrons. The van der Waals surface area contributed by atoms with Gasteiger partial charge < -0.3 is 15.3 Å². The highest BCUT2D eigenvalue weighted by Gasteiger charge is 2.44. The number of carbonyl (C=O) groups is 3. The molecular formula is C27H25ClN2O4. The number of hydrogen-bond donors (Lipinski definition) is 2. The van der Waals surface area contributed by atoms with Crippen molar-refractivity contribution < 1.29 is 19.5 Å². The van der Waals surface area contributed by atoms with Crippen molar-refractivity contribution in [1.82, 2.24) is 4.90 Å². The van der Waals surface area contributed by atoms with E-state index in [0.717, 1.165) is 10.5 Å². The number of carboxylic acids is 1. The Labute approximate surface area is 203 Å². The summed E-state index contributed by atoms with van der Waals surface area (Å²) in [6.45, 7) is 6.06. The zero-order chi connectivity index (χ0) is 24.6. The fourth-order valence-electron chi connectivity index (χ4n) is 4.16. The number of benzene rings is 3. The van der Waals surface area contributed by atoms with Crippen LogP contribution in [-0.2, 0) is 15.0 Å². The average Bonchev–Trinajstić information content (AvgIpc) is 2.89. The summed E-state index contributed by atoms with van der Waals surface area (Å²) < 4.78 is 0. The molecule has 2 N–H and O–H groups in total. The average molecular weight is 477 g/mol. The lowest BCUT2D eigenvalue weighted by Crippen LogP contribution is -2.44. The summed E-state index contributed by atoms with van der Waals surface area (Å²) in [5.41, 5.74) is 2.09. The summed E-state index contributed by atoms with van der Waals surface area (Å²) >= 11 is 6.05. The quantitative estimate of drug-likeness (QED) is 0.513. The Bertz CT molecular complexity index is 1250. The third kappa shape index (κ3) is 4.41. The summed E-state index contributed by atoms with van der Waals surface area (Å²) in [4.78, 5) is 41.4. The lowest BCUT2D eigenvalue weighted by atomic mass is 9.85. The molecule has 0 bridgehead atoms. The Morgan fingerprint density at radius 3 is 2.24 bits per heavy atom. The predicted octanol–water partition coefficient (Wildman–Crippen LogP) is 5.60. The zero-order valence-corrected chi connectivity index (χ0v) is 19.8. The van der Waals surface area contributed by atoms with Gasteiger partial charge in [0.25, 0.3) is 11.8 Å². The van der Waals surface area contributed by atoms with Crippen molar-refractivity contribution in [2.24, 2.45) is 0 Å². The number of nitrogens with zero attached hydrogens (tertiary/aromatic N) is 1. The second-order valence-electron chi connectivity index (χ2n) is 9.32. The van der Waals surface area contributed by atoms with E-state index in [1.54, 1.807) is 66.7 Å². The highest BCUT2D eigenvalue weighted by atomic mass is 35.5. The molecule has 0 saturated heterocycles. The van der Waals surface area contributed by atoms with E-state index in [2.05, 4.69) is 5.32 Å². The van der Waals surface area contributed by atoms with Crippen LogP contribution in [0.4, 0.5) is 5.69 Å². The Hall–Kier alpha value is -3.64. The molecule has 2 amide bonds. The van der Waals surface area contributed by atoms with Crippen LogP contribution in [0.5, 0.6) is 0 Å².